The van der Waals surface area contributed by atoms with E-state index in [1.165, 1.54) is 0 Å². The first-order chi connectivity index (χ1) is 9.74. The maximum absolute atomic E-state index is 11.9. The summed E-state index contributed by atoms with van der Waals surface area (Å²) in [6.45, 7) is 0. The highest BCUT2D eigenvalue weighted by Gasteiger charge is 2.02. The van der Waals surface area contributed by atoms with Crippen LogP contribution in [0.25, 0.3) is 16.8 Å². The number of hydrogen-bond donors (Lipinski definition) is 1. The van der Waals surface area contributed by atoms with Crippen molar-refractivity contribution in [2.24, 2.45) is 0 Å². The molecule has 0 aliphatic rings. The SMILES string of the molecule is Nc1cccc(-c2cccc(-n3ccccc3=O)c2)c1. The third-order valence-electron chi connectivity index (χ3n) is 3.17. The van der Waals surface area contributed by atoms with Crippen LogP contribution in [0.3, 0.4) is 0 Å². The number of nitrogen functional groups attached to an aromatic ring is 1. The average Bonchev–Trinajstić information content (AvgIpc) is 2.48. The van der Waals surface area contributed by atoms with Crippen molar-refractivity contribution in [2.75, 3.05) is 5.73 Å². The molecule has 98 valence electrons. The summed E-state index contributed by atoms with van der Waals surface area (Å²) in [5, 5.41) is 0. The molecular formula is C17H14N2O. The first-order valence-corrected chi connectivity index (χ1v) is 6.38. The van der Waals surface area contributed by atoms with E-state index in [1.807, 2.05) is 54.6 Å². The maximum atomic E-state index is 11.9. The molecule has 1 heterocycles. The Hall–Kier alpha value is -2.81. The fraction of sp³-hybridized carbons (Fsp3) is 0. The van der Waals surface area contributed by atoms with Gasteiger partial charge < -0.3 is 5.73 Å². The van der Waals surface area contributed by atoms with Crippen molar-refractivity contribution >= 4 is 5.69 Å². The maximum Gasteiger partial charge on any atom is 0.255 e. The van der Waals surface area contributed by atoms with E-state index in [0.29, 0.717) is 0 Å². The third kappa shape index (κ3) is 2.34. The average molecular weight is 262 g/mol. The summed E-state index contributed by atoms with van der Waals surface area (Å²) in [5.41, 5.74) is 9.41. The molecule has 0 saturated carbocycles. The Balaban J connectivity index is 2.11. The van der Waals surface area contributed by atoms with Crippen LogP contribution < -0.4 is 11.3 Å². The summed E-state index contributed by atoms with van der Waals surface area (Å²) in [6, 6.07) is 20.7. The van der Waals surface area contributed by atoms with Gasteiger partial charge in [0.05, 0.1) is 0 Å². The van der Waals surface area contributed by atoms with Gasteiger partial charge in [0.2, 0.25) is 0 Å². The standard InChI is InChI=1S/C17H14N2O/c18-15-7-3-5-13(11-15)14-6-4-8-16(12-14)19-10-2-1-9-17(19)20/h1-12H,18H2. The fourth-order valence-corrected chi connectivity index (χ4v) is 2.19. The zero-order valence-corrected chi connectivity index (χ0v) is 10.9. The van der Waals surface area contributed by atoms with Crippen LogP contribution in [0.5, 0.6) is 0 Å². The van der Waals surface area contributed by atoms with Gasteiger partial charge in [-0.25, -0.2) is 0 Å². The molecule has 0 fully saturated rings. The fourth-order valence-electron chi connectivity index (χ4n) is 2.19. The van der Waals surface area contributed by atoms with Crippen molar-refractivity contribution in [1.82, 2.24) is 4.57 Å². The smallest absolute Gasteiger partial charge is 0.255 e. The van der Waals surface area contributed by atoms with E-state index in [1.54, 1.807) is 22.9 Å². The number of rotatable bonds is 2. The molecule has 0 saturated heterocycles. The topological polar surface area (TPSA) is 48.0 Å². The van der Waals surface area contributed by atoms with Gasteiger partial charge in [-0.15, -0.1) is 0 Å². The number of nitrogens with zero attached hydrogens (tertiary/aromatic N) is 1. The van der Waals surface area contributed by atoms with E-state index in [-0.39, 0.29) is 5.56 Å². The molecule has 0 aliphatic heterocycles. The first kappa shape index (κ1) is 12.2. The lowest BCUT2D eigenvalue weighted by Crippen LogP contribution is -2.15. The highest BCUT2D eigenvalue weighted by molar-refractivity contribution is 5.69. The van der Waals surface area contributed by atoms with Gasteiger partial charge in [0, 0.05) is 23.6 Å². The molecule has 3 aromatic rings. The van der Waals surface area contributed by atoms with Crippen molar-refractivity contribution in [1.29, 1.82) is 0 Å². The first-order valence-electron chi connectivity index (χ1n) is 6.38. The molecule has 0 aliphatic carbocycles. The second-order valence-electron chi connectivity index (χ2n) is 4.58. The third-order valence-corrected chi connectivity index (χ3v) is 3.17. The van der Waals surface area contributed by atoms with Gasteiger partial charge in [-0.3, -0.25) is 9.36 Å². The molecule has 3 heteroatoms. The molecule has 0 amide bonds. The Bertz CT molecular complexity index is 806. The number of aromatic nitrogens is 1. The normalized spacial score (nSPS) is 10.4. The van der Waals surface area contributed by atoms with Gasteiger partial charge in [0.1, 0.15) is 0 Å². The zero-order chi connectivity index (χ0) is 13.9. The predicted molar refractivity (Wildman–Crippen MR) is 81.9 cm³/mol. The summed E-state index contributed by atoms with van der Waals surface area (Å²) in [6.07, 6.45) is 1.76. The van der Waals surface area contributed by atoms with E-state index >= 15 is 0 Å². The van der Waals surface area contributed by atoms with E-state index < -0.39 is 0 Å². The van der Waals surface area contributed by atoms with Crippen molar-refractivity contribution in [2.45, 2.75) is 0 Å². The molecule has 3 rings (SSSR count). The molecule has 3 nitrogen and oxygen atoms in total. The van der Waals surface area contributed by atoms with Crippen LogP contribution in [0, 0.1) is 0 Å². The summed E-state index contributed by atoms with van der Waals surface area (Å²) in [5.74, 6) is 0. The van der Waals surface area contributed by atoms with Gasteiger partial charge in [0.25, 0.3) is 5.56 Å². The van der Waals surface area contributed by atoms with Crippen LogP contribution in [0.1, 0.15) is 0 Å². The number of pyridine rings is 1. The Labute approximate surface area is 116 Å². The molecule has 2 N–H and O–H groups in total. The molecule has 1 aromatic heterocycles. The van der Waals surface area contributed by atoms with E-state index in [2.05, 4.69) is 0 Å². The van der Waals surface area contributed by atoms with Gasteiger partial charge in [-0.05, 0) is 41.5 Å². The minimum Gasteiger partial charge on any atom is -0.399 e. The summed E-state index contributed by atoms with van der Waals surface area (Å²) < 4.78 is 1.62. The summed E-state index contributed by atoms with van der Waals surface area (Å²) in [7, 11) is 0. The summed E-state index contributed by atoms with van der Waals surface area (Å²) >= 11 is 0. The Kier molecular flexibility index (Phi) is 3.09. The Morgan fingerprint density at radius 3 is 2.30 bits per heavy atom. The van der Waals surface area contributed by atoms with Crippen LogP contribution >= 0.6 is 0 Å². The van der Waals surface area contributed by atoms with Crippen molar-refractivity contribution in [3.05, 3.63) is 83.3 Å². The monoisotopic (exact) mass is 262 g/mol. The van der Waals surface area contributed by atoms with Crippen LogP contribution in [-0.4, -0.2) is 4.57 Å². The minimum absolute atomic E-state index is 0.0442. The second-order valence-corrected chi connectivity index (χ2v) is 4.58. The molecular weight excluding hydrogens is 248 g/mol. The van der Waals surface area contributed by atoms with Crippen LogP contribution in [0.2, 0.25) is 0 Å². The lowest BCUT2D eigenvalue weighted by molar-refractivity contribution is 0.991. The molecule has 2 aromatic carbocycles. The highest BCUT2D eigenvalue weighted by Crippen LogP contribution is 2.23. The number of anilines is 1. The molecule has 0 radical (unpaired) electrons. The van der Waals surface area contributed by atoms with Gasteiger partial charge in [0.15, 0.2) is 0 Å². The van der Waals surface area contributed by atoms with Crippen LogP contribution in [-0.2, 0) is 0 Å². The molecule has 0 spiro atoms. The largest absolute Gasteiger partial charge is 0.399 e. The zero-order valence-electron chi connectivity index (χ0n) is 10.9. The van der Waals surface area contributed by atoms with Crippen molar-refractivity contribution < 1.29 is 0 Å². The van der Waals surface area contributed by atoms with E-state index in [0.717, 1.165) is 22.5 Å². The van der Waals surface area contributed by atoms with Crippen molar-refractivity contribution in [3.63, 3.8) is 0 Å². The van der Waals surface area contributed by atoms with Gasteiger partial charge in [-0.2, -0.15) is 0 Å². The van der Waals surface area contributed by atoms with E-state index in [9.17, 15) is 4.79 Å². The second kappa shape index (κ2) is 5.05. The Morgan fingerprint density at radius 2 is 1.55 bits per heavy atom. The lowest BCUT2D eigenvalue weighted by atomic mass is 10.0. The predicted octanol–water partition coefficient (Wildman–Crippen LogP) is 3.09. The van der Waals surface area contributed by atoms with Crippen LogP contribution in [0.15, 0.2) is 77.7 Å². The number of nitrogens with two attached hydrogens (primary N) is 1. The highest BCUT2D eigenvalue weighted by atomic mass is 16.1. The number of hydrogen-bond acceptors (Lipinski definition) is 2. The number of benzene rings is 2. The van der Waals surface area contributed by atoms with Crippen molar-refractivity contribution in [3.8, 4) is 16.8 Å². The molecule has 0 bridgehead atoms. The van der Waals surface area contributed by atoms with E-state index in [4.69, 9.17) is 5.73 Å². The van der Waals surface area contributed by atoms with Gasteiger partial charge >= 0.3 is 0 Å². The molecule has 0 atom stereocenters. The lowest BCUT2D eigenvalue weighted by Gasteiger charge is -2.08. The summed E-state index contributed by atoms with van der Waals surface area (Å²) in [4.78, 5) is 11.9. The van der Waals surface area contributed by atoms with Crippen LogP contribution in [0.4, 0.5) is 5.69 Å². The molecule has 0 unspecified atom stereocenters. The molecule has 20 heavy (non-hydrogen) atoms. The Morgan fingerprint density at radius 1 is 0.800 bits per heavy atom. The quantitative estimate of drug-likeness (QED) is 0.721. The van der Waals surface area contributed by atoms with Gasteiger partial charge in [-0.1, -0.05) is 30.3 Å². The minimum atomic E-state index is -0.0442.